The van der Waals surface area contributed by atoms with Crippen LogP contribution in [0.2, 0.25) is 10.0 Å². The van der Waals surface area contributed by atoms with E-state index in [4.69, 9.17) is 32.7 Å². The molecular weight excluding hydrogens is 363 g/mol. The van der Waals surface area contributed by atoms with Crippen molar-refractivity contribution in [2.45, 2.75) is 6.61 Å². The van der Waals surface area contributed by atoms with Crippen LogP contribution in [0.25, 0.3) is 0 Å². The Morgan fingerprint density at radius 1 is 1.04 bits per heavy atom. The molecule has 0 saturated heterocycles. The number of ether oxygens (including phenoxy) is 2. The lowest BCUT2D eigenvalue weighted by molar-refractivity contribution is 0.284. The van der Waals surface area contributed by atoms with Gasteiger partial charge in [0.25, 0.3) is 0 Å². The molecule has 3 rings (SSSR count). The summed E-state index contributed by atoms with van der Waals surface area (Å²) in [6.45, 7) is 0.349. The summed E-state index contributed by atoms with van der Waals surface area (Å²) < 4.78 is 12.7. The van der Waals surface area contributed by atoms with Crippen molar-refractivity contribution in [2.75, 3.05) is 7.11 Å². The summed E-state index contributed by atoms with van der Waals surface area (Å²) >= 11 is 11.9. The number of hydrogen-bond donors (Lipinski definition) is 0. The van der Waals surface area contributed by atoms with Gasteiger partial charge in [0.15, 0.2) is 11.5 Å². The average Bonchev–Trinajstić information content (AvgIpc) is 3.15. The van der Waals surface area contributed by atoms with E-state index in [1.165, 1.54) is 17.3 Å². The number of benzene rings is 2. The van der Waals surface area contributed by atoms with Gasteiger partial charge in [0, 0.05) is 0 Å². The molecular formula is C17H14Cl2N4O2. The lowest BCUT2D eigenvalue weighted by atomic mass is 10.2. The fourth-order valence-corrected chi connectivity index (χ4v) is 2.38. The van der Waals surface area contributed by atoms with Gasteiger partial charge in [-0.05, 0) is 41.5 Å². The number of methoxy groups -OCH3 is 1. The van der Waals surface area contributed by atoms with E-state index in [1.807, 2.05) is 24.3 Å². The molecule has 25 heavy (non-hydrogen) atoms. The summed E-state index contributed by atoms with van der Waals surface area (Å²) in [6.07, 6.45) is 4.68. The maximum Gasteiger partial charge on any atom is 0.161 e. The molecule has 0 spiro atoms. The van der Waals surface area contributed by atoms with Crippen molar-refractivity contribution in [3.63, 3.8) is 0 Å². The van der Waals surface area contributed by atoms with Crippen molar-refractivity contribution in [1.29, 1.82) is 0 Å². The highest BCUT2D eigenvalue weighted by Gasteiger charge is 2.07. The van der Waals surface area contributed by atoms with Crippen LogP contribution in [0.1, 0.15) is 11.1 Å². The van der Waals surface area contributed by atoms with Crippen molar-refractivity contribution in [3.8, 4) is 11.5 Å². The molecule has 0 saturated carbocycles. The molecule has 128 valence electrons. The predicted molar refractivity (Wildman–Crippen MR) is 96.8 cm³/mol. The van der Waals surface area contributed by atoms with Crippen LogP contribution in [0.4, 0.5) is 0 Å². The van der Waals surface area contributed by atoms with Crippen LogP contribution in [0.5, 0.6) is 11.5 Å². The Hall–Kier alpha value is -2.57. The second-order valence-corrected chi connectivity index (χ2v) is 5.85. The molecule has 0 bridgehead atoms. The van der Waals surface area contributed by atoms with Gasteiger partial charge in [-0.2, -0.15) is 5.10 Å². The third-order valence-electron chi connectivity index (χ3n) is 3.31. The van der Waals surface area contributed by atoms with E-state index in [2.05, 4.69) is 15.3 Å². The average molecular weight is 377 g/mol. The summed E-state index contributed by atoms with van der Waals surface area (Å²) in [4.78, 5) is 0. The minimum atomic E-state index is 0.349. The zero-order valence-corrected chi connectivity index (χ0v) is 14.8. The van der Waals surface area contributed by atoms with E-state index in [-0.39, 0.29) is 0 Å². The number of aromatic nitrogens is 3. The first-order chi connectivity index (χ1) is 12.2. The van der Waals surface area contributed by atoms with E-state index < -0.39 is 0 Å². The largest absolute Gasteiger partial charge is 0.493 e. The summed E-state index contributed by atoms with van der Waals surface area (Å²) in [7, 11) is 1.59. The van der Waals surface area contributed by atoms with Crippen molar-refractivity contribution in [2.24, 2.45) is 5.10 Å². The standard InChI is InChI=1S/C17H14Cl2N4O2/c1-24-17-7-12(8-22-23-10-20-21-11-23)3-5-16(17)25-9-13-2-4-14(18)15(19)6-13/h2-8,10-11H,9H2,1H3/b22-8+. The maximum atomic E-state index is 6.01. The second-order valence-electron chi connectivity index (χ2n) is 5.03. The maximum absolute atomic E-state index is 6.01. The lowest BCUT2D eigenvalue weighted by Crippen LogP contribution is -1.98. The molecule has 0 radical (unpaired) electrons. The monoisotopic (exact) mass is 376 g/mol. The first-order valence-electron chi connectivity index (χ1n) is 7.29. The SMILES string of the molecule is COc1cc(/C=N/n2cnnc2)ccc1OCc1ccc(Cl)c(Cl)c1. The molecule has 0 aliphatic heterocycles. The van der Waals surface area contributed by atoms with Crippen LogP contribution in [0.15, 0.2) is 54.2 Å². The first kappa shape index (κ1) is 17.3. The zero-order valence-electron chi connectivity index (χ0n) is 13.3. The van der Waals surface area contributed by atoms with Gasteiger partial charge in [0.05, 0.1) is 23.4 Å². The van der Waals surface area contributed by atoms with E-state index in [0.717, 1.165) is 11.1 Å². The van der Waals surface area contributed by atoms with Crippen LogP contribution in [0.3, 0.4) is 0 Å². The van der Waals surface area contributed by atoms with E-state index in [9.17, 15) is 0 Å². The summed E-state index contributed by atoms with van der Waals surface area (Å²) in [5.41, 5.74) is 1.77. The Morgan fingerprint density at radius 3 is 2.56 bits per heavy atom. The Bertz CT molecular complexity index is 882. The van der Waals surface area contributed by atoms with Crippen LogP contribution < -0.4 is 9.47 Å². The molecule has 3 aromatic rings. The molecule has 0 aliphatic carbocycles. The molecule has 8 heteroatoms. The molecule has 6 nitrogen and oxygen atoms in total. The fourth-order valence-electron chi connectivity index (χ4n) is 2.06. The molecule has 1 heterocycles. The van der Waals surface area contributed by atoms with E-state index in [1.54, 1.807) is 25.5 Å². The first-order valence-corrected chi connectivity index (χ1v) is 8.05. The van der Waals surface area contributed by atoms with Gasteiger partial charge in [-0.3, -0.25) is 0 Å². The Kier molecular flexibility index (Phi) is 5.53. The molecule has 0 fully saturated rings. The topological polar surface area (TPSA) is 61.5 Å². The highest BCUT2D eigenvalue weighted by atomic mass is 35.5. The number of nitrogens with zero attached hydrogens (tertiary/aromatic N) is 4. The van der Waals surface area contributed by atoms with E-state index in [0.29, 0.717) is 28.2 Å². The molecule has 0 N–H and O–H groups in total. The Morgan fingerprint density at radius 2 is 1.84 bits per heavy atom. The van der Waals surface area contributed by atoms with Gasteiger partial charge >= 0.3 is 0 Å². The van der Waals surface area contributed by atoms with Gasteiger partial charge in [-0.25, -0.2) is 4.68 Å². The fraction of sp³-hybridized carbons (Fsp3) is 0.118. The van der Waals surface area contributed by atoms with Crippen molar-refractivity contribution in [1.82, 2.24) is 14.9 Å². The third-order valence-corrected chi connectivity index (χ3v) is 4.05. The van der Waals surface area contributed by atoms with Crippen LogP contribution in [-0.2, 0) is 6.61 Å². The number of rotatable bonds is 6. The van der Waals surface area contributed by atoms with Crippen molar-refractivity contribution in [3.05, 3.63) is 70.2 Å². The molecule has 1 aromatic heterocycles. The van der Waals surface area contributed by atoms with Crippen LogP contribution in [-0.4, -0.2) is 28.2 Å². The van der Waals surface area contributed by atoms with Crippen molar-refractivity contribution < 1.29 is 9.47 Å². The lowest BCUT2D eigenvalue weighted by Gasteiger charge is -2.11. The van der Waals surface area contributed by atoms with Crippen LogP contribution in [0, 0.1) is 0 Å². The predicted octanol–water partition coefficient (Wildman–Crippen LogP) is 4.05. The number of hydrogen-bond acceptors (Lipinski definition) is 5. The van der Waals surface area contributed by atoms with Gasteiger partial charge < -0.3 is 9.47 Å². The van der Waals surface area contributed by atoms with Crippen molar-refractivity contribution >= 4 is 29.4 Å². The van der Waals surface area contributed by atoms with Gasteiger partial charge in [0.1, 0.15) is 19.3 Å². The Balaban J connectivity index is 1.72. The minimum Gasteiger partial charge on any atom is -0.493 e. The smallest absolute Gasteiger partial charge is 0.161 e. The van der Waals surface area contributed by atoms with Gasteiger partial charge in [-0.15, -0.1) is 10.2 Å². The summed E-state index contributed by atoms with van der Waals surface area (Å²) in [6, 6.07) is 10.9. The quantitative estimate of drug-likeness (QED) is 0.608. The number of halogens is 2. The summed E-state index contributed by atoms with van der Waals surface area (Å²) in [5.74, 6) is 1.22. The molecule has 2 aromatic carbocycles. The highest BCUT2D eigenvalue weighted by molar-refractivity contribution is 6.42. The normalized spacial score (nSPS) is 11.0. The van der Waals surface area contributed by atoms with E-state index >= 15 is 0 Å². The van der Waals surface area contributed by atoms with Gasteiger partial charge in [0.2, 0.25) is 0 Å². The van der Waals surface area contributed by atoms with Gasteiger partial charge in [-0.1, -0.05) is 29.3 Å². The molecule has 0 unspecified atom stereocenters. The second kappa shape index (κ2) is 8.00. The summed E-state index contributed by atoms with van der Waals surface area (Å²) in [5, 5.41) is 12.6. The Labute approximate surface area is 154 Å². The highest BCUT2D eigenvalue weighted by Crippen LogP contribution is 2.29. The molecule has 0 amide bonds. The van der Waals surface area contributed by atoms with Crippen LogP contribution >= 0.6 is 23.2 Å². The molecule has 0 atom stereocenters. The molecule has 0 aliphatic rings. The minimum absolute atomic E-state index is 0.349. The zero-order chi connectivity index (χ0) is 17.6. The third kappa shape index (κ3) is 4.49.